The van der Waals surface area contributed by atoms with Crippen LogP contribution in [-0.2, 0) is 32.4 Å². The van der Waals surface area contributed by atoms with E-state index in [-0.39, 0.29) is 40.9 Å². The number of benzene rings is 3. The monoisotopic (exact) mass is 659 g/mol. The number of nitrogens with zero attached hydrogens (tertiary/aromatic N) is 2. The molecule has 0 unspecified atom stereocenters. The molecule has 47 heavy (non-hydrogen) atoms. The van der Waals surface area contributed by atoms with Gasteiger partial charge in [0.25, 0.3) is 0 Å². The molecule has 4 N–H and O–H groups in total. The molecule has 1 aromatic heterocycles. The summed E-state index contributed by atoms with van der Waals surface area (Å²) < 4.78 is 47.6. The highest BCUT2D eigenvalue weighted by Gasteiger charge is 2.38. The molecular formula is C35H38FN5O5S. The zero-order chi connectivity index (χ0) is 33.3. The SMILES string of the molecule is CCCCOc1ccc2cc1CCC(=O)Nc1ccc(S(=O)(=O)C3CC3)c(c1)CN(C)C(=O)[C@@H]2Nc1ccc2c(N)ncc(F)c2c1. The first-order chi connectivity index (χ1) is 22.5. The number of anilines is 3. The van der Waals surface area contributed by atoms with Crippen LogP contribution in [0.2, 0.25) is 0 Å². The number of fused-ring (bicyclic) bond motifs is 5. The van der Waals surface area contributed by atoms with Crippen molar-refractivity contribution in [1.82, 2.24) is 9.88 Å². The number of amides is 2. The van der Waals surface area contributed by atoms with Crippen molar-refractivity contribution in [3.05, 3.63) is 83.3 Å². The molecule has 0 saturated heterocycles. The number of sulfone groups is 1. The van der Waals surface area contributed by atoms with Gasteiger partial charge in [-0.2, -0.15) is 0 Å². The normalized spacial score (nSPS) is 17.3. The lowest BCUT2D eigenvalue weighted by Gasteiger charge is -2.28. The molecule has 6 rings (SSSR count). The summed E-state index contributed by atoms with van der Waals surface area (Å²) in [6, 6.07) is 14.2. The number of aromatic nitrogens is 1. The van der Waals surface area contributed by atoms with Gasteiger partial charge in [-0.05, 0) is 90.9 Å². The van der Waals surface area contributed by atoms with E-state index in [9.17, 15) is 22.4 Å². The Morgan fingerprint density at radius 2 is 1.85 bits per heavy atom. The van der Waals surface area contributed by atoms with Crippen LogP contribution in [0.25, 0.3) is 10.8 Å². The van der Waals surface area contributed by atoms with Gasteiger partial charge in [-0.15, -0.1) is 0 Å². The zero-order valence-electron chi connectivity index (χ0n) is 26.4. The maximum absolute atomic E-state index is 14.8. The molecule has 4 aromatic rings. The molecule has 12 heteroatoms. The lowest BCUT2D eigenvalue weighted by atomic mass is 9.98. The number of carbonyl (C=O) groups is 2. The zero-order valence-corrected chi connectivity index (χ0v) is 27.2. The third-order valence-corrected chi connectivity index (χ3v) is 11.0. The van der Waals surface area contributed by atoms with E-state index in [1.807, 2.05) is 6.07 Å². The van der Waals surface area contributed by atoms with E-state index < -0.39 is 26.9 Å². The Labute approximate surface area is 273 Å². The first kappa shape index (κ1) is 32.2. The van der Waals surface area contributed by atoms with E-state index in [1.165, 1.54) is 11.0 Å². The number of nitrogens with one attached hydrogen (secondary N) is 2. The summed E-state index contributed by atoms with van der Waals surface area (Å²) in [5, 5.41) is 6.44. The highest BCUT2D eigenvalue weighted by atomic mass is 32.2. The van der Waals surface area contributed by atoms with Crippen LogP contribution < -0.4 is 21.1 Å². The van der Waals surface area contributed by atoms with Gasteiger partial charge in [-0.3, -0.25) is 9.59 Å². The number of rotatable bonds is 8. The maximum atomic E-state index is 14.8. The number of pyridine rings is 1. The Morgan fingerprint density at radius 3 is 2.62 bits per heavy atom. The van der Waals surface area contributed by atoms with Crippen LogP contribution >= 0.6 is 0 Å². The van der Waals surface area contributed by atoms with Crippen molar-refractivity contribution in [2.75, 3.05) is 30.0 Å². The molecule has 2 heterocycles. The number of nitrogen functional groups attached to an aromatic ring is 1. The third-order valence-electron chi connectivity index (χ3n) is 8.62. The molecule has 3 aromatic carbocycles. The number of ether oxygens (including phenoxy) is 1. The summed E-state index contributed by atoms with van der Waals surface area (Å²) in [6.07, 6.45) is 4.54. The summed E-state index contributed by atoms with van der Waals surface area (Å²) in [4.78, 5) is 33.0. The molecule has 1 aliphatic carbocycles. The lowest BCUT2D eigenvalue weighted by Crippen LogP contribution is -2.35. The van der Waals surface area contributed by atoms with Gasteiger partial charge in [0.1, 0.15) is 23.4 Å². The van der Waals surface area contributed by atoms with E-state index in [4.69, 9.17) is 10.5 Å². The largest absolute Gasteiger partial charge is 0.493 e. The predicted molar refractivity (Wildman–Crippen MR) is 179 cm³/mol. The summed E-state index contributed by atoms with van der Waals surface area (Å²) in [7, 11) is -2.00. The minimum atomic E-state index is -3.60. The van der Waals surface area contributed by atoms with Crippen molar-refractivity contribution in [3.63, 3.8) is 0 Å². The second-order valence-corrected chi connectivity index (χ2v) is 14.4. The van der Waals surface area contributed by atoms with E-state index in [0.29, 0.717) is 59.5 Å². The Hall–Kier alpha value is -4.71. The van der Waals surface area contributed by atoms with Crippen molar-refractivity contribution in [2.24, 2.45) is 0 Å². The number of hydrogen-bond donors (Lipinski definition) is 3. The summed E-state index contributed by atoms with van der Waals surface area (Å²) in [6.45, 7) is 2.56. The fraction of sp³-hybridized carbons (Fsp3) is 0.343. The van der Waals surface area contributed by atoms with Crippen LogP contribution in [-0.4, -0.2) is 49.0 Å². The minimum Gasteiger partial charge on any atom is -0.493 e. The quantitative estimate of drug-likeness (QED) is 0.203. The minimum absolute atomic E-state index is 0.0262. The van der Waals surface area contributed by atoms with Gasteiger partial charge in [-0.1, -0.05) is 19.4 Å². The third kappa shape index (κ3) is 6.87. The molecule has 1 atom stereocenters. The average molecular weight is 660 g/mol. The second kappa shape index (κ2) is 13.2. The molecule has 1 aliphatic heterocycles. The topological polar surface area (TPSA) is 144 Å². The van der Waals surface area contributed by atoms with Crippen molar-refractivity contribution >= 4 is 49.6 Å². The first-order valence-corrected chi connectivity index (χ1v) is 17.4. The van der Waals surface area contributed by atoms with Crippen LogP contribution in [0.1, 0.15) is 61.8 Å². The fourth-order valence-corrected chi connectivity index (χ4v) is 7.72. The molecule has 10 nitrogen and oxygen atoms in total. The Kier molecular flexibility index (Phi) is 9.05. The van der Waals surface area contributed by atoms with Gasteiger partial charge in [0.05, 0.1) is 22.9 Å². The van der Waals surface area contributed by atoms with Crippen LogP contribution in [0.15, 0.2) is 65.7 Å². The second-order valence-electron chi connectivity index (χ2n) is 12.2. The standard InChI is InChI=1S/C35H38FN5O5S/c1-3-4-15-46-30-12-5-22-16-21(30)6-14-32(42)39-24-8-13-31(47(44,45)26-9-10-26)23(17-24)20-41(2)35(43)33(22)40-25-7-11-27-28(18-25)29(36)19-38-34(27)37/h5,7-8,11-13,16-19,26,33,40H,3-4,6,9-10,14-15,20H2,1-2H3,(H2,37,38)(H,39,42)/t33-/m1/s1. The van der Waals surface area contributed by atoms with E-state index in [1.54, 1.807) is 49.5 Å². The molecule has 4 bridgehead atoms. The Balaban J connectivity index is 1.43. The van der Waals surface area contributed by atoms with E-state index in [0.717, 1.165) is 24.6 Å². The van der Waals surface area contributed by atoms with Gasteiger partial charge in [0, 0.05) is 42.2 Å². The van der Waals surface area contributed by atoms with Crippen molar-refractivity contribution < 1.29 is 27.1 Å². The van der Waals surface area contributed by atoms with Gasteiger partial charge in [0.2, 0.25) is 11.8 Å². The average Bonchev–Trinajstić information content (AvgIpc) is 3.91. The van der Waals surface area contributed by atoms with Crippen molar-refractivity contribution in [1.29, 1.82) is 0 Å². The predicted octanol–water partition coefficient (Wildman–Crippen LogP) is 5.77. The number of hydrogen-bond acceptors (Lipinski definition) is 8. The van der Waals surface area contributed by atoms with Crippen LogP contribution in [0.4, 0.5) is 21.6 Å². The first-order valence-electron chi connectivity index (χ1n) is 15.8. The molecule has 0 radical (unpaired) electrons. The Bertz CT molecular complexity index is 1960. The van der Waals surface area contributed by atoms with Crippen LogP contribution in [0, 0.1) is 5.82 Å². The van der Waals surface area contributed by atoms with E-state index in [2.05, 4.69) is 22.5 Å². The Morgan fingerprint density at radius 1 is 1.04 bits per heavy atom. The van der Waals surface area contributed by atoms with Crippen LogP contribution in [0.5, 0.6) is 5.75 Å². The smallest absolute Gasteiger partial charge is 0.249 e. The van der Waals surface area contributed by atoms with Crippen molar-refractivity contribution in [2.45, 2.75) is 68.2 Å². The number of carbonyl (C=O) groups excluding carboxylic acids is 2. The molecular weight excluding hydrogens is 621 g/mol. The number of aryl methyl sites for hydroxylation is 1. The highest BCUT2D eigenvalue weighted by molar-refractivity contribution is 7.92. The molecule has 2 aliphatic rings. The molecule has 1 fully saturated rings. The number of likely N-dealkylation sites (N-methyl/N-ethyl adjacent to an activating group) is 1. The van der Waals surface area contributed by atoms with Crippen LogP contribution in [0.3, 0.4) is 0 Å². The lowest BCUT2D eigenvalue weighted by molar-refractivity contribution is -0.131. The van der Waals surface area contributed by atoms with Crippen molar-refractivity contribution in [3.8, 4) is 5.75 Å². The molecule has 0 spiro atoms. The number of halogens is 1. The van der Waals surface area contributed by atoms with Gasteiger partial charge < -0.3 is 26.0 Å². The molecule has 2 amide bonds. The summed E-state index contributed by atoms with van der Waals surface area (Å²) >= 11 is 0. The summed E-state index contributed by atoms with van der Waals surface area (Å²) in [5.41, 5.74) is 8.69. The molecule has 246 valence electrons. The fourth-order valence-electron chi connectivity index (χ4n) is 5.86. The van der Waals surface area contributed by atoms with Gasteiger partial charge in [-0.25, -0.2) is 17.8 Å². The highest BCUT2D eigenvalue weighted by Crippen LogP contribution is 2.37. The maximum Gasteiger partial charge on any atom is 0.249 e. The number of unbranched alkanes of at least 4 members (excludes halogenated alkanes) is 1. The number of nitrogens with two attached hydrogens (primary N) is 1. The summed E-state index contributed by atoms with van der Waals surface area (Å²) in [5.74, 6) is -0.304. The van der Waals surface area contributed by atoms with Gasteiger partial charge in [0.15, 0.2) is 9.84 Å². The molecule has 1 saturated carbocycles. The van der Waals surface area contributed by atoms with E-state index >= 15 is 0 Å². The van der Waals surface area contributed by atoms with Gasteiger partial charge >= 0.3 is 0 Å².